The molecule has 0 fully saturated rings. The second-order valence-electron chi connectivity index (χ2n) is 5.91. The molecule has 1 aromatic carbocycles. The normalized spacial score (nSPS) is 10.1. The van der Waals surface area contributed by atoms with E-state index in [1.165, 1.54) is 6.92 Å². The molecule has 6 nitrogen and oxygen atoms in total. The van der Waals surface area contributed by atoms with E-state index in [0.717, 1.165) is 0 Å². The monoisotopic (exact) mass is 317 g/mol. The molecule has 0 radical (unpaired) electrons. The highest BCUT2D eigenvalue weighted by Crippen LogP contribution is 2.16. The van der Waals surface area contributed by atoms with Crippen molar-refractivity contribution in [1.29, 1.82) is 0 Å². The SMILES string of the molecule is CC(=O)Nc1cccc(OCC#CCNC(=O)NC(C)(C)C)c1. The number of urea groups is 1. The molecule has 124 valence electrons. The van der Waals surface area contributed by atoms with Gasteiger partial charge in [0, 0.05) is 24.2 Å². The van der Waals surface area contributed by atoms with Crippen LogP contribution in [0.4, 0.5) is 10.5 Å². The minimum Gasteiger partial charge on any atom is -0.481 e. The highest BCUT2D eigenvalue weighted by molar-refractivity contribution is 5.88. The summed E-state index contributed by atoms with van der Waals surface area (Å²) in [5, 5.41) is 8.09. The molecule has 0 atom stereocenters. The van der Waals surface area contributed by atoms with Crippen LogP contribution in [-0.4, -0.2) is 30.6 Å². The molecular formula is C17H23N3O3. The van der Waals surface area contributed by atoms with Gasteiger partial charge in [0.25, 0.3) is 0 Å². The van der Waals surface area contributed by atoms with Crippen molar-refractivity contribution in [1.82, 2.24) is 10.6 Å². The molecule has 0 aromatic heterocycles. The van der Waals surface area contributed by atoms with Gasteiger partial charge >= 0.3 is 6.03 Å². The summed E-state index contributed by atoms with van der Waals surface area (Å²) in [6.07, 6.45) is 0. The molecule has 3 amide bonds. The van der Waals surface area contributed by atoms with Crippen LogP contribution in [0, 0.1) is 11.8 Å². The fourth-order valence-electron chi connectivity index (χ4n) is 1.61. The number of anilines is 1. The Kier molecular flexibility index (Phi) is 6.94. The summed E-state index contributed by atoms with van der Waals surface area (Å²) in [7, 11) is 0. The molecule has 0 aliphatic carbocycles. The Morgan fingerprint density at radius 1 is 1.22 bits per heavy atom. The number of hydrogen-bond acceptors (Lipinski definition) is 3. The van der Waals surface area contributed by atoms with Crippen molar-refractivity contribution in [2.75, 3.05) is 18.5 Å². The van der Waals surface area contributed by atoms with E-state index in [-0.39, 0.29) is 30.6 Å². The smallest absolute Gasteiger partial charge is 0.315 e. The third-order valence-electron chi connectivity index (χ3n) is 2.42. The van der Waals surface area contributed by atoms with Gasteiger partial charge in [0.05, 0.1) is 6.54 Å². The summed E-state index contributed by atoms with van der Waals surface area (Å²) in [4.78, 5) is 22.5. The maximum Gasteiger partial charge on any atom is 0.315 e. The lowest BCUT2D eigenvalue weighted by molar-refractivity contribution is -0.114. The van der Waals surface area contributed by atoms with Gasteiger partial charge in [0.15, 0.2) is 0 Å². The van der Waals surface area contributed by atoms with Gasteiger partial charge in [-0.1, -0.05) is 17.9 Å². The minimum absolute atomic E-state index is 0.137. The first-order valence-corrected chi connectivity index (χ1v) is 7.28. The number of carbonyl (C=O) groups excluding carboxylic acids is 2. The first kappa shape index (κ1) is 18.4. The van der Waals surface area contributed by atoms with Crippen LogP contribution in [0.5, 0.6) is 5.75 Å². The van der Waals surface area contributed by atoms with Gasteiger partial charge in [0.2, 0.25) is 5.91 Å². The van der Waals surface area contributed by atoms with Gasteiger partial charge in [-0.15, -0.1) is 0 Å². The highest BCUT2D eigenvalue weighted by atomic mass is 16.5. The molecule has 0 heterocycles. The molecule has 0 saturated heterocycles. The standard InChI is InChI=1S/C17H23N3O3/c1-13(21)19-14-8-7-9-15(12-14)23-11-6-5-10-18-16(22)20-17(2,3)4/h7-9,12H,10-11H2,1-4H3,(H,19,21)(H2,18,20,22). The number of amides is 3. The van der Waals surface area contributed by atoms with Crippen LogP contribution < -0.4 is 20.7 Å². The Balaban J connectivity index is 2.32. The Morgan fingerprint density at radius 2 is 1.96 bits per heavy atom. The number of benzene rings is 1. The van der Waals surface area contributed by atoms with Crippen LogP contribution in [0.1, 0.15) is 27.7 Å². The highest BCUT2D eigenvalue weighted by Gasteiger charge is 2.12. The van der Waals surface area contributed by atoms with Crippen molar-refractivity contribution in [3.05, 3.63) is 24.3 Å². The van der Waals surface area contributed by atoms with Gasteiger partial charge in [-0.3, -0.25) is 4.79 Å². The summed E-state index contributed by atoms with van der Waals surface area (Å²) < 4.78 is 5.46. The van der Waals surface area contributed by atoms with E-state index in [9.17, 15) is 9.59 Å². The molecule has 6 heteroatoms. The Labute approximate surface area is 137 Å². The molecule has 0 aliphatic rings. The van der Waals surface area contributed by atoms with Crippen molar-refractivity contribution in [3.8, 4) is 17.6 Å². The second-order valence-corrected chi connectivity index (χ2v) is 5.91. The molecule has 0 saturated carbocycles. The van der Waals surface area contributed by atoms with E-state index in [0.29, 0.717) is 11.4 Å². The lowest BCUT2D eigenvalue weighted by Crippen LogP contribution is -2.46. The quantitative estimate of drug-likeness (QED) is 0.744. The molecule has 23 heavy (non-hydrogen) atoms. The molecule has 0 spiro atoms. The third-order valence-corrected chi connectivity index (χ3v) is 2.42. The number of rotatable bonds is 4. The summed E-state index contributed by atoms with van der Waals surface area (Å²) in [5.41, 5.74) is 0.392. The molecule has 0 bridgehead atoms. The van der Waals surface area contributed by atoms with Gasteiger partial charge < -0.3 is 20.7 Å². The van der Waals surface area contributed by atoms with Crippen LogP contribution in [0.15, 0.2) is 24.3 Å². The van der Waals surface area contributed by atoms with Crippen LogP contribution in [-0.2, 0) is 4.79 Å². The Morgan fingerprint density at radius 3 is 2.61 bits per heavy atom. The Bertz CT molecular complexity index is 609. The molecule has 1 aromatic rings. The van der Waals surface area contributed by atoms with Gasteiger partial charge in [-0.05, 0) is 32.9 Å². The van der Waals surface area contributed by atoms with Crippen molar-refractivity contribution in [3.63, 3.8) is 0 Å². The number of carbonyl (C=O) groups is 2. The van der Waals surface area contributed by atoms with Crippen LogP contribution in [0.2, 0.25) is 0 Å². The lowest BCUT2D eigenvalue weighted by Gasteiger charge is -2.20. The average Bonchev–Trinajstić information content (AvgIpc) is 2.40. The maximum atomic E-state index is 11.5. The van der Waals surface area contributed by atoms with E-state index in [1.807, 2.05) is 20.8 Å². The number of ether oxygens (including phenoxy) is 1. The van der Waals surface area contributed by atoms with Gasteiger partial charge in [0.1, 0.15) is 12.4 Å². The molecule has 3 N–H and O–H groups in total. The molecule has 0 unspecified atom stereocenters. The average molecular weight is 317 g/mol. The van der Waals surface area contributed by atoms with E-state index < -0.39 is 0 Å². The predicted molar refractivity (Wildman–Crippen MR) is 90.3 cm³/mol. The van der Waals surface area contributed by atoms with Gasteiger partial charge in [-0.25, -0.2) is 4.79 Å². The van der Waals surface area contributed by atoms with Crippen LogP contribution in [0.3, 0.4) is 0 Å². The Hall–Kier alpha value is -2.68. The van der Waals surface area contributed by atoms with E-state index in [1.54, 1.807) is 24.3 Å². The van der Waals surface area contributed by atoms with Crippen molar-refractivity contribution in [2.24, 2.45) is 0 Å². The van der Waals surface area contributed by atoms with E-state index in [4.69, 9.17) is 4.74 Å². The third kappa shape index (κ3) is 9.04. The maximum absolute atomic E-state index is 11.5. The predicted octanol–water partition coefficient (Wildman–Crippen LogP) is 2.12. The zero-order chi connectivity index (χ0) is 17.3. The summed E-state index contributed by atoms with van der Waals surface area (Å²) in [5.74, 6) is 6.09. The van der Waals surface area contributed by atoms with Crippen molar-refractivity contribution >= 4 is 17.6 Å². The molecular weight excluding hydrogens is 294 g/mol. The molecule has 0 aliphatic heterocycles. The summed E-state index contributed by atoms with van der Waals surface area (Å²) >= 11 is 0. The zero-order valence-electron chi connectivity index (χ0n) is 13.9. The van der Waals surface area contributed by atoms with Crippen LogP contribution >= 0.6 is 0 Å². The fraction of sp³-hybridized carbons (Fsp3) is 0.412. The largest absolute Gasteiger partial charge is 0.481 e. The molecule has 1 rings (SSSR count). The first-order valence-electron chi connectivity index (χ1n) is 7.28. The minimum atomic E-state index is -0.278. The lowest BCUT2D eigenvalue weighted by atomic mass is 10.1. The van der Waals surface area contributed by atoms with Crippen molar-refractivity contribution < 1.29 is 14.3 Å². The van der Waals surface area contributed by atoms with Gasteiger partial charge in [-0.2, -0.15) is 0 Å². The van der Waals surface area contributed by atoms with Crippen LogP contribution in [0.25, 0.3) is 0 Å². The van der Waals surface area contributed by atoms with E-state index >= 15 is 0 Å². The van der Waals surface area contributed by atoms with Crippen molar-refractivity contribution in [2.45, 2.75) is 33.2 Å². The first-order chi connectivity index (χ1) is 10.8. The van der Waals surface area contributed by atoms with E-state index in [2.05, 4.69) is 27.8 Å². The summed E-state index contributed by atoms with van der Waals surface area (Å²) in [6.45, 7) is 7.61. The zero-order valence-corrected chi connectivity index (χ0v) is 13.9. The summed E-state index contributed by atoms with van der Waals surface area (Å²) in [6, 6.07) is 6.81. The number of nitrogens with one attached hydrogen (secondary N) is 3. The second kappa shape index (κ2) is 8.69. The topological polar surface area (TPSA) is 79.5 Å². The number of hydrogen-bond donors (Lipinski definition) is 3. The fourth-order valence-corrected chi connectivity index (χ4v) is 1.61.